The lowest BCUT2D eigenvalue weighted by Gasteiger charge is -2.16. The smallest absolute Gasteiger partial charge is 0.230 e. The van der Waals surface area contributed by atoms with Crippen molar-refractivity contribution in [3.63, 3.8) is 0 Å². The van der Waals surface area contributed by atoms with E-state index in [4.69, 9.17) is 11.6 Å². The van der Waals surface area contributed by atoms with Crippen molar-refractivity contribution >= 4 is 40.0 Å². The molecular weight excluding hydrogens is 416 g/mol. The van der Waals surface area contributed by atoms with Crippen LogP contribution in [0.25, 0.3) is 16.5 Å². The van der Waals surface area contributed by atoms with Crippen molar-refractivity contribution in [3.05, 3.63) is 83.1 Å². The highest BCUT2D eigenvalue weighted by Gasteiger charge is 2.15. The molecule has 1 aromatic heterocycles. The van der Waals surface area contributed by atoms with Gasteiger partial charge in [0.25, 0.3) is 0 Å². The molecule has 0 bridgehead atoms. The van der Waals surface area contributed by atoms with Crippen LogP contribution in [0.4, 0.5) is 0 Å². The van der Waals surface area contributed by atoms with E-state index in [2.05, 4.69) is 39.8 Å². The number of amides is 1. The first-order chi connectivity index (χ1) is 14.5. The van der Waals surface area contributed by atoms with E-state index in [1.165, 1.54) is 11.8 Å². The summed E-state index contributed by atoms with van der Waals surface area (Å²) in [6.45, 7) is 3.95. The van der Waals surface area contributed by atoms with E-state index in [1.54, 1.807) is 6.33 Å². The number of carbonyl (C=O) groups is 1. The van der Waals surface area contributed by atoms with Crippen molar-refractivity contribution in [1.82, 2.24) is 20.1 Å². The monoisotopic (exact) mass is 436 g/mol. The third kappa shape index (κ3) is 4.35. The maximum Gasteiger partial charge on any atom is 0.230 e. The van der Waals surface area contributed by atoms with Crippen molar-refractivity contribution < 1.29 is 4.79 Å². The molecule has 30 heavy (non-hydrogen) atoms. The Labute approximate surface area is 184 Å². The van der Waals surface area contributed by atoms with E-state index in [1.807, 2.05) is 54.8 Å². The Balaban J connectivity index is 1.43. The van der Waals surface area contributed by atoms with E-state index in [0.717, 1.165) is 27.6 Å². The maximum atomic E-state index is 12.6. The molecule has 0 aliphatic rings. The summed E-state index contributed by atoms with van der Waals surface area (Å²) in [4.78, 5) is 12.6. The molecule has 1 heterocycles. The van der Waals surface area contributed by atoms with Gasteiger partial charge in [-0.3, -0.25) is 9.36 Å². The van der Waals surface area contributed by atoms with E-state index in [-0.39, 0.29) is 17.7 Å². The first-order valence-electron chi connectivity index (χ1n) is 9.59. The molecular formula is C23H21ClN4OS. The predicted octanol–water partition coefficient (Wildman–Crippen LogP) is 5.35. The SMILES string of the molecule is Cc1ccc(-n2cnnc2SCC(=O)N[C@H](C)c2cccc3ccccc23)cc1Cl. The van der Waals surface area contributed by atoms with Crippen LogP contribution in [-0.4, -0.2) is 26.4 Å². The Kier molecular flexibility index (Phi) is 6.06. The molecule has 5 nitrogen and oxygen atoms in total. The van der Waals surface area contributed by atoms with Gasteiger partial charge in [-0.15, -0.1) is 10.2 Å². The zero-order chi connectivity index (χ0) is 21.1. The molecule has 0 fully saturated rings. The van der Waals surface area contributed by atoms with Gasteiger partial charge in [0.05, 0.1) is 17.5 Å². The van der Waals surface area contributed by atoms with E-state index >= 15 is 0 Å². The number of hydrogen-bond acceptors (Lipinski definition) is 4. The molecule has 0 saturated heterocycles. The van der Waals surface area contributed by atoms with Gasteiger partial charge in [-0.05, 0) is 47.9 Å². The maximum absolute atomic E-state index is 12.6. The lowest BCUT2D eigenvalue weighted by molar-refractivity contribution is -0.119. The van der Waals surface area contributed by atoms with Gasteiger partial charge in [0.1, 0.15) is 6.33 Å². The van der Waals surface area contributed by atoms with Gasteiger partial charge in [-0.1, -0.05) is 71.9 Å². The third-order valence-corrected chi connectivity index (χ3v) is 6.30. The summed E-state index contributed by atoms with van der Waals surface area (Å²) in [5.41, 5.74) is 2.97. The average molecular weight is 437 g/mol. The minimum atomic E-state index is -0.0991. The number of aromatic nitrogens is 3. The molecule has 4 aromatic rings. The first kappa shape index (κ1) is 20.4. The van der Waals surface area contributed by atoms with Crippen molar-refractivity contribution in [2.45, 2.75) is 25.0 Å². The van der Waals surface area contributed by atoms with Crippen LogP contribution in [0.1, 0.15) is 24.1 Å². The Morgan fingerprint density at radius 3 is 2.80 bits per heavy atom. The minimum Gasteiger partial charge on any atom is -0.349 e. The van der Waals surface area contributed by atoms with Gasteiger partial charge >= 0.3 is 0 Å². The molecule has 3 aromatic carbocycles. The third-order valence-electron chi connectivity index (χ3n) is 4.95. The van der Waals surface area contributed by atoms with Crippen LogP contribution in [0.15, 0.2) is 72.1 Å². The molecule has 0 radical (unpaired) electrons. The summed E-state index contributed by atoms with van der Waals surface area (Å²) in [5, 5.41) is 14.9. The predicted molar refractivity (Wildman–Crippen MR) is 122 cm³/mol. The second-order valence-corrected chi connectivity index (χ2v) is 8.41. The number of nitrogens with one attached hydrogen (secondary N) is 1. The number of nitrogens with zero attached hydrogens (tertiary/aromatic N) is 3. The van der Waals surface area contributed by atoms with Crippen molar-refractivity contribution in [2.75, 3.05) is 5.75 Å². The van der Waals surface area contributed by atoms with Crippen LogP contribution in [0, 0.1) is 6.92 Å². The number of carbonyl (C=O) groups excluding carboxylic acids is 1. The van der Waals surface area contributed by atoms with E-state index in [9.17, 15) is 4.79 Å². The Hall–Kier alpha value is -2.83. The zero-order valence-corrected chi connectivity index (χ0v) is 18.2. The normalized spacial score (nSPS) is 12.1. The molecule has 1 amide bonds. The molecule has 1 N–H and O–H groups in total. The standard InChI is InChI=1S/C23H21ClN4OS/c1-15-10-11-18(12-21(15)24)28-14-25-27-23(28)30-13-22(29)26-16(2)19-9-5-7-17-6-3-4-8-20(17)19/h3-12,14,16H,13H2,1-2H3,(H,26,29)/t16-/m1/s1. The van der Waals surface area contributed by atoms with Gasteiger partial charge < -0.3 is 5.32 Å². The summed E-state index contributed by atoms with van der Waals surface area (Å²) in [7, 11) is 0. The van der Waals surface area contributed by atoms with Gasteiger partial charge in [-0.25, -0.2) is 0 Å². The van der Waals surface area contributed by atoms with E-state index in [0.29, 0.717) is 10.2 Å². The quantitative estimate of drug-likeness (QED) is 0.414. The Morgan fingerprint density at radius 1 is 1.17 bits per heavy atom. The number of benzene rings is 3. The lowest BCUT2D eigenvalue weighted by atomic mass is 10.00. The lowest BCUT2D eigenvalue weighted by Crippen LogP contribution is -2.28. The fraction of sp³-hybridized carbons (Fsp3) is 0.174. The zero-order valence-electron chi connectivity index (χ0n) is 16.7. The van der Waals surface area contributed by atoms with Crippen LogP contribution in [0.2, 0.25) is 5.02 Å². The minimum absolute atomic E-state index is 0.0584. The topological polar surface area (TPSA) is 59.8 Å². The molecule has 0 saturated carbocycles. The molecule has 0 unspecified atom stereocenters. The number of thioether (sulfide) groups is 1. The summed E-state index contributed by atoms with van der Waals surface area (Å²) in [6, 6.07) is 20.0. The number of aryl methyl sites for hydroxylation is 1. The molecule has 0 spiro atoms. The highest BCUT2D eigenvalue weighted by Crippen LogP contribution is 2.26. The largest absolute Gasteiger partial charge is 0.349 e. The van der Waals surface area contributed by atoms with Crippen LogP contribution < -0.4 is 5.32 Å². The summed E-state index contributed by atoms with van der Waals surface area (Å²) >= 11 is 7.58. The van der Waals surface area contributed by atoms with E-state index < -0.39 is 0 Å². The summed E-state index contributed by atoms with van der Waals surface area (Å²) in [6.07, 6.45) is 1.62. The molecule has 0 aliphatic heterocycles. The average Bonchev–Trinajstić information content (AvgIpc) is 3.22. The molecule has 1 atom stereocenters. The molecule has 7 heteroatoms. The fourth-order valence-corrected chi connectivity index (χ4v) is 4.27. The number of hydrogen-bond donors (Lipinski definition) is 1. The summed E-state index contributed by atoms with van der Waals surface area (Å²) in [5.74, 6) is 0.185. The second-order valence-electron chi connectivity index (χ2n) is 7.06. The number of halogens is 1. The van der Waals surface area contributed by atoms with Gasteiger partial charge in [-0.2, -0.15) is 0 Å². The molecule has 0 aliphatic carbocycles. The van der Waals surface area contributed by atoms with Gasteiger partial charge in [0.15, 0.2) is 5.16 Å². The highest BCUT2D eigenvalue weighted by atomic mass is 35.5. The molecule has 152 valence electrons. The summed E-state index contributed by atoms with van der Waals surface area (Å²) < 4.78 is 1.83. The highest BCUT2D eigenvalue weighted by molar-refractivity contribution is 7.99. The second kappa shape index (κ2) is 8.90. The fourth-order valence-electron chi connectivity index (χ4n) is 3.35. The Bertz CT molecular complexity index is 1200. The van der Waals surface area contributed by atoms with Crippen LogP contribution >= 0.6 is 23.4 Å². The Morgan fingerprint density at radius 2 is 1.97 bits per heavy atom. The van der Waals surface area contributed by atoms with Crippen LogP contribution in [-0.2, 0) is 4.79 Å². The number of rotatable bonds is 6. The number of fused-ring (bicyclic) bond motifs is 1. The van der Waals surface area contributed by atoms with Crippen LogP contribution in [0.5, 0.6) is 0 Å². The van der Waals surface area contributed by atoms with Crippen molar-refractivity contribution in [3.8, 4) is 5.69 Å². The van der Waals surface area contributed by atoms with Gasteiger partial charge in [0.2, 0.25) is 5.91 Å². The van der Waals surface area contributed by atoms with Gasteiger partial charge in [0, 0.05) is 5.02 Å². The van der Waals surface area contributed by atoms with Crippen LogP contribution in [0.3, 0.4) is 0 Å². The van der Waals surface area contributed by atoms with Crippen molar-refractivity contribution in [2.24, 2.45) is 0 Å². The first-order valence-corrected chi connectivity index (χ1v) is 11.0. The van der Waals surface area contributed by atoms with Crippen molar-refractivity contribution in [1.29, 1.82) is 0 Å². The molecule has 4 rings (SSSR count).